The highest BCUT2D eigenvalue weighted by atomic mass is 19.1. The van der Waals surface area contributed by atoms with Crippen LogP contribution in [0.3, 0.4) is 0 Å². The molecule has 40 heavy (non-hydrogen) atoms. The van der Waals surface area contributed by atoms with Crippen LogP contribution in [-0.2, 0) is 7.05 Å². The lowest BCUT2D eigenvalue weighted by Gasteiger charge is -2.32. The third-order valence-corrected chi connectivity index (χ3v) is 7.44. The number of carbonyl (C=O) groups is 1. The van der Waals surface area contributed by atoms with E-state index in [9.17, 15) is 9.59 Å². The molecule has 8 nitrogen and oxygen atoms in total. The number of pyridine rings is 2. The summed E-state index contributed by atoms with van der Waals surface area (Å²) < 4.78 is 78.6. The van der Waals surface area contributed by atoms with Gasteiger partial charge in [-0.05, 0) is 49.2 Å². The molecule has 5 rings (SSSR count). The number of nitrogens with one attached hydrogen (secondary N) is 1. The summed E-state index contributed by atoms with van der Waals surface area (Å²) in [6, 6.07) is 8.26. The van der Waals surface area contributed by atoms with E-state index in [0.29, 0.717) is 47.8 Å². The van der Waals surface area contributed by atoms with E-state index in [1.165, 1.54) is 6.07 Å². The molecule has 4 aromatic rings. The Kier molecular flexibility index (Phi) is 5.50. The molecule has 1 atom stereocenters. The normalized spacial score (nSPS) is 17.6. The predicted molar refractivity (Wildman–Crippen MR) is 153 cm³/mol. The summed E-state index contributed by atoms with van der Waals surface area (Å²) in [5, 5.41) is 3.74. The smallest absolute Gasteiger partial charge is 0.257 e. The van der Waals surface area contributed by atoms with Crippen molar-refractivity contribution in [2.24, 2.45) is 7.05 Å². The van der Waals surface area contributed by atoms with Gasteiger partial charge in [0.2, 0.25) is 0 Å². The molecule has 10 heteroatoms. The van der Waals surface area contributed by atoms with Gasteiger partial charge in [-0.15, -0.1) is 0 Å². The summed E-state index contributed by atoms with van der Waals surface area (Å²) in [7, 11) is 3.62. The van der Waals surface area contributed by atoms with Gasteiger partial charge >= 0.3 is 0 Å². The molecule has 0 bridgehead atoms. The van der Waals surface area contributed by atoms with Crippen LogP contribution in [0, 0.1) is 11.6 Å². The molecule has 1 aliphatic rings. The lowest BCUT2D eigenvalue weighted by atomic mass is 9.96. The molecule has 208 valence electrons. The number of hydrogen-bond donors (Lipinski definition) is 1. The van der Waals surface area contributed by atoms with E-state index in [0.717, 1.165) is 11.1 Å². The third kappa shape index (κ3) is 4.79. The van der Waals surface area contributed by atoms with Crippen LogP contribution in [0.4, 0.5) is 14.5 Å². The summed E-state index contributed by atoms with van der Waals surface area (Å²) in [4.78, 5) is 31.9. The number of aromatic nitrogens is 3. The number of carbonyl (C=O) groups excluding carboxylic acids is 1. The minimum Gasteiger partial charge on any atom is -0.388 e. The Morgan fingerprint density at radius 1 is 1.18 bits per heavy atom. The fourth-order valence-electron chi connectivity index (χ4n) is 5.25. The molecule has 4 heterocycles. The summed E-state index contributed by atoms with van der Waals surface area (Å²) in [5.74, 6) is -3.73. The zero-order valence-corrected chi connectivity index (χ0v) is 22.2. The van der Waals surface area contributed by atoms with Crippen LogP contribution >= 0.6 is 0 Å². The van der Waals surface area contributed by atoms with E-state index in [4.69, 9.17) is 8.22 Å². The Labute approximate surface area is 239 Å². The summed E-state index contributed by atoms with van der Waals surface area (Å²) >= 11 is 0. The molecule has 1 N–H and O–H groups in total. The van der Waals surface area contributed by atoms with Gasteiger partial charge in [0, 0.05) is 102 Å². The zero-order chi connectivity index (χ0) is 33.7. The van der Waals surface area contributed by atoms with Gasteiger partial charge < -0.3 is 14.8 Å². The quantitative estimate of drug-likeness (QED) is 0.379. The maximum absolute atomic E-state index is 15.3. The fraction of sp³-hybridized carbons (Fsp3) is 0.300. The highest BCUT2D eigenvalue weighted by Gasteiger charge is 2.26. The van der Waals surface area contributed by atoms with Crippen molar-refractivity contribution in [3.63, 3.8) is 0 Å². The molecule has 0 radical (unpaired) electrons. The fourth-order valence-corrected chi connectivity index (χ4v) is 5.25. The van der Waals surface area contributed by atoms with Crippen LogP contribution in [-0.4, -0.2) is 63.9 Å². The second kappa shape index (κ2) is 10.7. The number of amides is 1. The number of hydrogen-bond acceptors (Lipinski definition) is 5. The van der Waals surface area contributed by atoms with E-state index < -0.39 is 37.1 Å². The van der Waals surface area contributed by atoms with Gasteiger partial charge in [0.15, 0.2) is 0 Å². The predicted octanol–water partition coefficient (Wildman–Crippen LogP) is 4.60. The second-order valence-corrected chi connectivity index (χ2v) is 9.67. The van der Waals surface area contributed by atoms with Crippen LogP contribution in [0.25, 0.3) is 22.3 Å². The van der Waals surface area contributed by atoms with E-state index in [1.807, 2.05) is 24.6 Å². The molecule has 3 aromatic heterocycles. The van der Waals surface area contributed by atoms with Crippen LogP contribution in [0.15, 0.2) is 59.7 Å². The highest BCUT2D eigenvalue weighted by molar-refractivity contribution is 5.94. The highest BCUT2D eigenvalue weighted by Crippen LogP contribution is 2.33. The van der Waals surface area contributed by atoms with E-state index in [-0.39, 0.29) is 28.5 Å². The number of aryl methyl sites for hydroxylation is 1. The van der Waals surface area contributed by atoms with Gasteiger partial charge in [0.1, 0.15) is 17.3 Å². The molecule has 0 fully saturated rings. The lowest BCUT2D eigenvalue weighted by molar-refractivity contribution is 0.0826. The number of rotatable bonds is 6. The van der Waals surface area contributed by atoms with Gasteiger partial charge in [-0.1, -0.05) is 6.08 Å². The van der Waals surface area contributed by atoms with Gasteiger partial charge in [0.25, 0.3) is 11.5 Å². The van der Waals surface area contributed by atoms with Crippen molar-refractivity contribution in [2.45, 2.75) is 19.4 Å². The Hall–Kier alpha value is -4.31. The Morgan fingerprint density at radius 2 is 1.93 bits per heavy atom. The summed E-state index contributed by atoms with van der Waals surface area (Å²) in [6.07, 6.45) is 5.30. The topological polar surface area (TPSA) is 75.4 Å². The molecule has 0 saturated heterocycles. The number of benzene rings is 1. The van der Waals surface area contributed by atoms with Crippen molar-refractivity contribution in [1.29, 1.82) is 0 Å². The minimum atomic E-state index is -3.35. The molecule has 1 amide bonds. The summed E-state index contributed by atoms with van der Waals surface area (Å²) in [6.45, 7) is -3.92. The van der Waals surface area contributed by atoms with E-state index in [2.05, 4.69) is 15.2 Å². The zero-order valence-electron chi connectivity index (χ0n) is 28.2. The lowest BCUT2D eigenvalue weighted by Crippen LogP contribution is -2.32. The first-order valence-corrected chi connectivity index (χ1v) is 12.6. The van der Waals surface area contributed by atoms with Gasteiger partial charge in [0.05, 0.1) is 5.69 Å². The van der Waals surface area contributed by atoms with Crippen molar-refractivity contribution in [1.82, 2.24) is 23.9 Å². The Bertz CT molecular complexity index is 1880. The molecule has 1 aliphatic heterocycles. The van der Waals surface area contributed by atoms with Crippen LogP contribution in [0.5, 0.6) is 0 Å². The van der Waals surface area contributed by atoms with E-state index >= 15 is 8.78 Å². The molecule has 0 saturated carbocycles. The number of fused-ring (bicyclic) bond motifs is 1. The first-order chi connectivity index (χ1) is 21.5. The standard InChI is InChI=1S/C30H32F2N6O2/c1-18(37-11-7-19(8-12-37)28-23(31)14-20(15-24(28)32)30(40)35(3)4)26-17-22-25(6-10-34-29(22)36(26)5)38-13-9-21(33-2)16-27(38)39/h6-7,9-10,13-18,33H,8,11-12H2,1-5H3/i3D3,4D3. The van der Waals surface area contributed by atoms with E-state index in [1.54, 1.807) is 42.2 Å². The van der Waals surface area contributed by atoms with Gasteiger partial charge in [-0.2, -0.15) is 0 Å². The largest absolute Gasteiger partial charge is 0.388 e. The van der Waals surface area contributed by atoms with Crippen molar-refractivity contribution >= 4 is 28.2 Å². The number of anilines is 1. The molecule has 0 spiro atoms. The monoisotopic (exact) mass is 552 g/mol. The van der Waals surface area contributed by atoms with Crippen LogP contribution < -0.4 is 10.9 Å². The molecular formula is C30H32F2N6O2. The third-order valence-electron chi connectivity index (χ3n) is 7.44. The maximum Gasteiger partial charge on any atom is 0.257 e. The van der Waals surface area contributed by atoms with Crippen LogP contribution in [0.1, 0.15) is 49.2 Å². The second-order valence-electron chi connectivity index (χ2n) is 9.67. The molecule has 1 unspecified atom stereocenters. The maximum atomic E-state index is 15.3. The van der Waals surface area contributed by atoms with Crippen molar-refractivity contribution in [3.05, 3.63) is 93.7 Å². The molecule has 0 aliphatic carbocycles. The van der Waals surface area contributed by atoms with Crippen molar-refractivity contribution in [2.75, 3.05) is 39.4 Å². The number of nitrogens with zero attached hydrogens (tertiary/aromatic N) is 5. The van der Waals surface area contributed by atoms with Crippen molar-refractivity contribution < 1.29 is 21.8 Å². The first-order valence-electron chi connectivity index (χ1n) is 15.6. The Balaban J connectivity index is 1.40. The first kappa shape index (κ1) is 20.6. The SMILES string of the molecule is [2H]C([2H])([2H])N(C(=O)c1cc(F)c(C2=CCN(C(C)c3cc4c(-n5ccc(NC)cc5=O)ccnc4n3C)CC2)c(F)c1)C([2H])([2H])[2H]. The average molecular weight is 553 g/mol. The summed E-state index contributed by atoms with van der Waals surface area (Å²) in [5.41, 5.74) is 2.08. The number of halogens is 2. The van der Waals surface area contributed by atoms with Crippen molar-refractivity contribution in [3.8, 4) is 5.69 Å². The Morgan fingerprint density at radius 3 is 2.55 bits per heavy atom. The van der Waals surface area contributed by atoms with Crippen LogP contribution in [0.2, 0.25) is 0 Å². The average Bonchev–Trinajstić information content (AvgIpc) is 3.31. The van der Waals surface area contributed by atoms with Gasteiger partial charge in [-0.25, -0.2) is 13.8 Å². The minimum absolute atomic E-state index is 0.145. The van der Waals surface area contributed by atoms with Gasteiger partial charge in [-0.3, -0.25) is 19.1 Å². The molecular weight excluding hydrogens is 514 g/mol. The molecule has 1 aromatic carbocycles.